The second-order valence-electron chi connectivity index (χ2n) is 6.43. The molecular weight excluding hydrogens is 278 g/mol. The molecule has 6 nitrogen and oxygen atoms in total. The Morgan fingerprint density at radius 1 is 1.20 bits per heavy atom. The summed E-state index contributed by atoms with van der Waals surface area (Å²) < 4.78 is 6.10. The number of morpholine rings is 1. The number of anilines is 1. The van der Waals surface area contributed by atoms with E-state index >= 15 is 0 Å². The number of ether oxygens (including phenoxy) is 1. The first-order chi connectivity index (χ1) is 9.26. The molecule has 7 heteroatoms. The van der Waals surface area contributed by atoms with Crippen molar-refractivity contribution in [2.24, 2.45) is 0 Å². The molecular formula is C13H18ClN5O. The monoisotopic (exact) mass is 295 g/mol. The van der Waals surface area contributed by atoms with E-state index in [1.54, 1.807) is 6.20 Å². The van der Waals surface area contributed by atoms with Crippen LogP contribution in [0.25, 0.3) is 11.0 Å². The van der Waals surface area contributed by atoms with E-state index in [-0.39, 0.29) is 16.5 Å². The molecule has 0 aromatic carbocycles. The number of aromatic amines is 1. The molecule has 20 heavy (non-hydrogen) atoms. The molecule has 3 rings (SSSR count). The molecule has 0 unspecified atom stereocenters. The van der Waals surface area contributed by atoms with Crippen molar-refractivity contribution in [1.29, 1.82) is 0 Å². The summed E-state index contributed by atoms with van der Waals surface area (Å²) in [6, 6.07) is 0. The lowest BCUT2D eigenvalue weighted by Gasteiger charge is -2.47. The second-order valence-corrected chi connectivity index (χ2v) is 6.76. The third kappa shape index (κ3) is 2.45. The Balaban J connectivity index is 2.08. The van der Waals surface area contributed by atoms with Crippen LogP contribution in [0, 0.1) is 0 Å². The lowest BCUT2D eigenvalue weighted by molar-refractivity contribution is -0.133. The van der Waals surface area contributed by atoms with E-state index in [0.717, 1.165) is 24.3 Å². The SMILES string of the molecule is CC1(C)CN(c2nc(Cl)nc3[nH]ncc23)CC(C)(C)O1. The number of nitrogens with one attached hydrogen (secondary N) is 1. The third-order valence-electron chi connectivity index (χ3n) is 3.26. The van der Waals surface area contributed by atoms with Crippen molar-refractivity contribution in [3.8, 4) is 0 Å². The fraction of sp³-hybridized carbons (Fsp3) is 0.615. The van der Waals surface area contributed by atoms with Crippen LogP contribution in [0.3, 0.4) is 0 Å². The van der Waals surface area contributed by atoms with Gasteiger partial charge in [0.15, 0.2) is 5.65 Å². The van der Waals surface area contributed by atoms with Crippen LogP contribution in [0.5, 0.6) is 0 Å². The zero-order valence-electron chi connectivity index (χ0n) is 12.1. The predicted molar refractivity (Wildman–Crippen MR) is 78.1 cm³/mol. The molecule has 0 amide bonds. The fourth-order valence-electron chi connectivity index (χ4n) is 2.97. The molecule has 0 saturated carbocycles. The molecule has 2 aromatic rings. The zero-order chi connectivity index (χ0) is 14.5. The molecule has 108 valence electrons. The molecule has 0 aliphatic carbocycles. The van der Waals surface area contributed by atoms with Gasteiger partial charge in [0.2, 0.25) is 5.28 Å². The summed E-state index contributed by atoms with van der Waals surface area (Å²) in [5.41, 5.74) is 0.145. The second kappa shape index (κ2) is 4.30. The number of H-pyrrole nitrogens is 1. The molecule has 0 spiro atoms. The third-order valence-corrected chi connectivity index (χ3v) is 3.43. The summed E-state index contributed by atoms with van der Waals surface area (Å²) in [5.74, 6) is 0.804. The van der Waals surface area contributed by atoms with Crippen LogP contribution < -0.4 is 4.90 Å². The van der Waals surface area contributed by atoms with Gasteiger partial charge in [0.1, 0.15) is 5.82 Å². The smallest absolute Gasteiger partial charge is 0.226 e. The summed E-state index contributed by atoms with van der Waals surface area (Å²) in [5, 5.41) is 7.96. The fourth-order valence-corrected chi connectivity index (χ4v) is 3.14. The lowest BCUT2D eigenvalue weighted by atomic mass is 9.99. The normalized spacial score (nSPS) is 21.4. The van der Waals surface area contributed by atoms with Crippen molar-refractivity contribution in [2.75, 3.05) is 18.0 Å². The van der Waals surface area contributed by atoms with Crippen LogP contribution in [0.1, 0.15) is 27.7 Å². The summed E-state index contributed by atoms with van der Waals surface area (Å²) in [4.78, 5) is 10.7. The highest BCUT2D eigenvalue weighted by molar-refractivity contribution is 6.28. The van der Waals surface area contributed by atoms with Crippen molar-refractivity contribution < 1.29 is 4.74 Å². The van der Waals surface area contributed by atoms with Crippen molar-refractivity contribution >= 4 is 28.5 Å². The van der Waals surface area contributed by atoms with Crippen molar-refractivity contribution in [3.63, 3.8) is 0 Å². The minimum absolute atomic E-state index is 0.221. The van der Waals surface area contributed by atoms with Gasteiger partial charge in [-0.15, -0.1) is 0 Å². The Hall–Kier alpha value is -1.40. The summed E-state index contributed by atoms with van der Waals surface area (Å²) >= 11 is 6.01. The molecule has 1 N–H and O–H groups in total. The number of hydrogen-bond acceptors (Lipinski definition) is 5. The Kier molecular flexibility index (Phi) is 2.92. The average molecular weight is 296 g/mol. The highest BCUT2D eigenvalue weighted by atomic mass is 35.5. The van der Waals surface area contributed by atoms with Crippen LogP contribution in [-0.4, -0.2) is 44.5 Å². The van der Waals surface area contributed by atoms with E-state index < -0.39 is 0 Å². The Morgan fingerprint density at radius 2 is 1.85 bits per heavy atom. The van der Waals surface area contributed by atoms with Gasteiger partial charge in [0.25, 0.3) is 0 Å². The largest absolute Gasteiger partial charge is 0.366 e. The van der Waals surface area contributed by atoms with Gasteiger partial charge in [-0.25, -0.2) is 0 Å². The molecule has 0 radical (unpaired) electrons. The highest BCUT2D eigenvalue weighted by Gasteiger charge is 2.39. The Labute approximate surface area is 122 Å². The van der Waals surface area contributed by atoms with Gasteiger partial charge < -0.3 is 9.64 Å². The van der Waals surface area contributed by atoms with E-state index in [1.165, 1.54) is 0 Å². The van der Waals surface area contributed by atoms with Crippen LogP contribution in [-0.2, 0) is 4.74 Å². The number of fused-ring (bicyclic) bond motifs is 1. The van der Waals surface area contributed by atoms with E-state index in [9.17, 15) is 0 Å². The van der Waals surface area contributed by atoms with Crippen molar-refractivity contribution in [2.45, 2.75) is 38.9 Å². The molecule has 0 bridgehead atoms. The Morgan fingerprint density at radius 3 is 2.50 bits per heavy atom. The molecule has 1 aliphatic rings. The first kappa shape index (κ1) is 13.6. The van der Waals surface area contributed by atoms with E-state index in [0.29, 0.717) is 5.65 Å². The molecule has 1 saturated heterocycles. The van der Waals surface area contributed by atoms with Crippen LogP contribution >= 0.6 is 11.6 Å². The minimum atomic E-state index is -0.255. The van der Waals surface area contributed by atoms with Crippen LogP contribution in [0.4, 0.5) is 5.82 Å². The van der Waals surface area contributed by atoms with Crippen molar-refractivity contribution in [1.82, 2.24) is 20.2 Å². The number of aromatic nitrogens is 4. The van der Waals surface area contributed by atoms with Gasteiger partial charge in [-0.1, -0.05) is 0 Å². The molecule has 0 atom stereocenters. The van der Waals surface area contributed by atoms with Gasteiger partial charge in [-0.05, 0) is 39.3 Å². The first-order valence-corrected chi connectivity index (χ1v) is 6.95. The van der Waals surface area contributed by atoms with Crippen molar-refractivity contribution in [3.05, 3.63) is 11.5 Å². The number of nitrogens with zero attached hydrogens (tertiary/aromatic N) is 4. The first-order valence-electron chi connectivity index (χ1n) is 6.58. The van der Waals surface area contributed by atoms with Gasteiger partial charge in [0.05, 0.1) is 22.8 Å². The summed E-state index contributed by atoms with van der Waals surface area (Å²) in [6.07, 6.45) is 1.73. The standard InChI is InChI=1S/C13H18ClN5O/c1-12(2)6-19(7-13(3,4)20-12)10-8-5-15-18-9(8)16-11(14)17-10/h5H,6-7H2,1-4H3,(H,15,16,17,18). The van der Waals surface area contributed by atoms with E-state index in [4.69, 9.17) is 16.3 Å². The van der Waals surface area contributed by atoms with E-state index in [2.05, 4.69) is 52.8 Å². The molecule has 3 heterocycles. The quantitative estimate of drug-likeness (QED) is 0.818. The summed E-state index contributed by atoms with van der Waals surface area (Å²) in [7, 11) is 0. The van der Waals surface area contributed by atoms with E-state index in [1.807, 2.05) is 0 Å². The number of halogens is 1. The molecule has 2 aromatic heterocycles. The summed E-state index contributed by atoms with van der Waals surface area (Å²) in [6.45, 7) is 9.80. The van der Waals surface area contributed by atoms with Gasteiger partial charge in [-0.2, -0.15) is 15.1 Å². The maximum Gasteiger partial charge on any atom is 0.226 e. The number of hydrogen-bond donors (Lipinski definition) is 1. The topological polar surface area (TPSA) is 66.9 Å². The number of rotatable bonds is 1. The predicted octanol–water partition coefficient (Wildman–Crippen LogP) is 2.40. The minimum Gasteiger partial charge on any atom is -0.366 e. The molecule has 1 fully saturated rings. The Bertz CT molecular complexity index is 635. The maximum atomic E-state index is 6.10. The highest BCUT2D eigenvalue weighted by Crippen LogP contribution is 2.33. The van der Waals surface area contributed by atoms with Crippen LogP contribution in [0.15, 0.2) is 6.20 Å². The zero-order valence-corrected chi connectivity index (χ0v) is 12.8. The average Bonchev–Trinajstić information content (AvgIpc) is 2.71. The lowest BCUT2D eigenvalue weighted by Crippen LogP contribution is -2.57. The maximum absolute atomic E-state index is 6.10. The van der Waals surface area contributed by atoms with Gasteiger partial charge in [0, 0.05) is 13.1 Å². The van der Waals surface area contributed by atoms with Gasteiger partial charge >= 0.3 is 0 Å². The molecule has 1 aliphatic heterocycles. The van der Waals surface area contributed by atoms with Gasteiger partial charge in [-0.3, -0.25) is 5.10 Å². The van der Waals surface area contributed by atoms with Crippen LogP contribution in [0.2, 0.25) is 5.28 Å².